The predicted octanol–water partition coefficient (Wildman–Crippen LogP) is 0.691. The molecule has 0 spiro atoms. The third-order valence-electron chi connectivity index (χ3n) is 4.55. The molecule has 2 rings (SSSR count). The van der Waals surface area contributed by atoms with E-state index in [2.05, 4.69) is 0 Å². The molecule has 1 atom stereocenters. The van der Waals surface area contributed by atoms with Crippen LogP contribution in [0, 0.1) is 11.3 Å². The van der Waals surface area contributed by atoms with Crippen molar-refractivity contribution in [2.75, 3.05) is 42.4 Å². The molecular weight excluding hydrogens is 396 g/mol. The fourth-order valence-electron chi connectivity index (χ4n) is 3.07. The number of nitrogens with zero attached hydrogens (tertiary/aromatic N) is 3. The van der Waals surface area contributed by atoms with Crippen molar-refractivity contribution in [3.63, 3.8) is 0 Å². The molecule has 0 bridgehead atoms. The van der Waals surface area contributed by atoms with Crippen molar-refractivity contribution in [1.82, 2.24) is 4.90 Å². The van der Waals surface area contributed by atoms with Crippen LogP contribution in [0.3, 0.4) is 0 Å². The number of anilines is 2. The molecule has 156 valence electrons. The van der Waals surface area contributed by atoms with Gasteiger partial charge >= 0.3 is 0 Å². The highest BCUT2D eigenvalue weighted by molar-refractivity contribution is 7.91. The van der Waals surface area contributed by atoms with Crippen molar-refractivity contribution >= 4 is 33.0 Å². The molecule has 1 aromatic carbocycles. The quantitative estimate of drug-likeness (QED) is 0.387. The van der Waals surface area contributed by atoms with E-state index >= 15 is 0 Å². The van der Waals surface area contributed by atoms with Crippen LogP contribution in [0.4, 0.5) is 11.4 Å². The topological polar surface area (TPSA) is 134 Å². The maximum absolute atomic E-state index is 13.0. The number of nitriles is 1. The van der Waals surface area contributed by atoms with E-state index in [-0.39, 0.29) is 35.4 Å². The number of benzene rings is 1. The minimum Gasteiger partial charge on any atom is -0.399 e. The monoisotopic (exact) mass is 420 g/mol. The minimum atomic E-state index is -3.16. The summed E-state index contributed by atoms with van der Waals surface area (Å²) in [7, 11) is -1.66. The van der Waals surface area contributed by atoms with Gasteiger partial charge in [0.1, 0.15) is 11.6 Å². The summed E-state index contributed by atoms with van der Waals surface area (Å²) in [6.45, 7) is 1.81. The van der Waals surface area contributed by atoms with Crippen LogP contribution in [0.2, 0.25) is 0 Å². The maximum atomic E-state index is 13.0. The van der Waals surface area contributed by atoms with Gasteiger partial charge < -0.3 is 15.4 Å². The zero-order valence-corrected chi connectivity index (χ0v) is 17.2. The van der Waals surface area contributed by atoms with E-state index in [0.29, 0.717) is 18.7 Å². The van der Waals surface area contributed by atoms with Crippen molar-refractivity contribution in [2.24, 2.45) is 0 Å². The number of carbonyl (C=O) groups excluding carboxylic acids is 2. The SMILES string of the molecule is COCCN(/C=C(/C#N)C(=O)N(C(C)=O)c1ccc(N)cc1)C1CCS(=O)(=O)C1. The summed E-state index contributed by atoms with van der Waals surface area (Å²) in [4.78, 5) is 27.6. The number of sulfone groups is 1. The Bertz CT molecular complexity index is 934. The fourth-order valence-corrected chi connectivity index (χ4v) is 4.81. The van der Waals surface area contributed by atoms with Gasteiger partial charge in [-0.25, -0.2) is 13.3 Å². The van der Waals surface area contributed by atoms with Crippen LogP contribution < -0.4 is 10.6 Å². The summed E-state index contributed by atoms with van der Waals surface area (Å²) in [5, 5.41) is 9.56. The summed E-state index contributed by atoms with van der Waals surface area (Å²) in [5.74, 6) is -1.37. The highest BCUT2D eigenvalue weighted by atomic mass is 32.2. The summed E-state index contributed by atoms with van der Waals surface area (Å²) in [6.07, 6.45) is 1.71. The Hall–Kier alpha value is -2.90. The van der Waals surface area contributed by atoms with Crippen molar-refractivity contribution < 1.29 is 22.7 Å². The lowest BCUT2D eigenvalue weighted by molar-refractivity contribution is -0.123. The third kappa shape index (κ3) is 5.79. The van der Waals surface area contributed by atoms with Crippen LogP contribution in [0.5, 0.6) is 0 Å². The van der Waals surface area contributed by atoms with Gasteiger partial charge in [-0.3, -0.25) is 9.59 Å². The lowest BCUT2D eigenvalue weighted by atomic mass is 10.2. The van der Waals surface area contributed by atoms with Crippen molar-refractivity contribution in [3.05, 3.63) is 36.0 Å². The number of ether oxygens (including phenoxy) is 1. The summed E-state index contributed by atoms with van der Waals surface area (Å²) >= 11 is 0. The minimum absolute atomic E-state index is 0.0514. The predicted molar refractivity (Wildman–Crippen MR) is 108 cm³/mol. The summed E-state index contributed by atoms with van der Waals surface area (Å²) in [5.41, 5.74) is 6.12. The Kier molecular flexibility index (Phi) is 7.36. The molecule has 0 radical (unpaired) electrons. The number of rotatable bonds is 7. The standard InChI is InChI=1S/C19H24N4O5S/c1-14(24)23(17-5-3-16(21)4-6-17)19(25)15(11-20)12-22(8-9-28-2)18-7-10-29(26,27)13-18/h3-6,12,18H,7-10,13,21H2,1-2H3/b15-12-. The van der Waals surface area contributed by atoms with E-state index in [1.54, 1.807) is 17.0 Å². The molecule has 0 saturated carbocycles. The third-order valence-corrected chi connectivity index (χ3v) is 6.30. The van der Waals surface area contributed by atoms with Gasteiger partial charge in [0.25, 0.3) is 5.91 Å². The lowest BCUT2D eigenvalue weighted by Gasteiger charge is -2.27. The Morgan fingerprint density at radius 1 is 1.34 bits per heavy atom. The molecule has 1 unspecified atom stereocenters. The highest BCUT2D eigenvalue weighted by Gasteiger charge is 2.32. The van der Waals surface area contributed by atoms with Crippen LogP contribution in [0.1, 0.15) is 13.3 Å². The first kappa shape index (κ1) is 22.4. The molecule has 1 saturated heterocycles. The molecule has 1 aromatic rings. The largest absolute Gasteiger partial charge is 0.399 e. The molecule has 0 aromatic heterocycles. The van der Waals surface area contributed by atoms with E-state index < -0.39 is 21.7 Å². The van der Waals surface area contributed by atoms with Gasteiger partial charge in [0.2, 0.25) is 5.91 Å². The molecule has 1 fully saturated rings. The van der Waals surface area contributed by atoms with Gasteiger partial charge in [0.05, 0.1) is 23.8 Å². The Morgan fingerprint density at radius 2 is 2.00 bits per heavy atom. The first-order chi connectivity index (χ1) is 13.7. The van der Waals surface area contributed by atoms with Crippen LogP contribution in [0.25, 0.3) is 0 Å². The molecule has 1 aliphatic rings. The van der Waals surface area contributed by atoms with Gasteiger partial charge in [0, 0.05) is 38.5 Å². The number of amides is 2. The molecule has 2 N–H and O–H groups in total. The van der Waals surface area contributed by atoms with E-state index in [9.17, 15) is 23.3 Å². The number of methoxy groups -OCH3 is 1. The number of imide groups is 1. The number of nitrogen functional groups attached to an aromatic ring is 1. The number of hydrogen-bond acceptors (Lipinski definition) is 8. The first-order valence-electron chi connectivity index (χ1n) is 8.96. The zero-order chi connectivity index (χ0) is 21.6. The van der Waals surface area contributed by atoms with Gasteiger partial charge in [-0.15, -0.1) is 0 Å². The molecule has 1 aliphatic heterocycles. The molecule has 9 nitrogen and oxygen atoms in total. The first-order valence-corrected chi connectivity index (χ1v) is 10.8. The second-order valence-corrected chi connectivity index (χ2v) is 8.92. The average molecular weight is 420 g/mol. The maximum Gasteiger partial charge on any atom is 0.277 e. The van der Waals surface area contributed by atoms with Crippen molar-refractivity contribution in [1.29, 1.82) is 5.26 Å². The van der Waals surface area contributed by atoms with Gasteiger partial charge in [0.15, 0.2) is 9.84 Å². The zero-order valence-electron chi connectivity index (χ0n) is 16.4. The van der Waals surface area contributed by atoms with Crippen molar-refractivity contribution in [3.8, 4) is 6.07 Å². The molecule has 0 aliphatic carbocycles. The number of nitrogens with two attached hydrogens (primary N) is 1. The Balaban J connectivity index is 2.36. The summed E-state index contributed by atoms with van der Waals surface area (Å²) in [6, 6.07) is 7.57. The second kappa shape index (κ2) is 9.54. The average Bonchev–Trinajstić information content (AvgIpc) is 3.03. The molecule has 29 heavy (non-hydrogen) atoms. The van der Waals surface area contributed by atoms with Gasteiger partial charge in [-0.1, -0.05) is 0 Å². The Morgan fingerprint density at radius 3 is 2.48 bits per heavy atom. The van der Waals surface area contributed by atoms with E-state index in [0.717, 1.165) is 4.90 Å². The van der Waals surface area contributed by atoms with Crippen LogP contribution in [0.15, 0.2) is 36.0 Å². The number of carbonyl (C=O) groups is 2. The van der Waals surface area contributed by atoms with Crippen LogP contribution in [-0.4, -0.2) is 62.9 Å². The molecule has 10 heteroatoms. The lowest BCUT2D eigenvalue weighted by Crippen LogP contribution is -2.39. The van der Waals surface area contributed by atoms with Gasteiger partial charge in [-0.05, 0) is 30.7 Å². The van der Waals surface area contributed by atoms with Crippen LogP contribution in [-0.2, 0) is 24.2 Å². The second-order valence-electron chi connectivity index (χ2n) is 6.69. The van der Waals surface area contributed by atoms with Crippen LogP contribution >= 0.6 is 0 Å². The normalized spacial score (nSPS) is 18.1. The highest BCUT2D eigenvalue weighted by Crippen LogP contribution is 2.22. The molecule has 2 amide bonds. The van der Waals surface area contributed by atoms with E-state index in [1.165, 1.54) is 32.4 Å². The molecular formula is C19H24N4O5S. The van der Waals surface area contributed by atoms with E-state index in [1.807, 2.05) is 6.07 Å². The number of hydrogen-bond donors (Lipinski definition) is 1. The molecule has 1 heterocycles. The van der Waals surface area contributed by atoms with Gasteiger partial charge in [-0.2, -0.15) is 5.26 Å². The summed E-state index contributed by atoms with van der Waals surface area (Å²) < 4.78 is 28.8. The van der Waals surface area contributed by atoms with E-state index in [4.69, 9.17) is 10.5 Å². The van der Waals surface area contributed by atoms with Crippen molar-refractivity contribution in [2.45, 2.75) is 19.4 Å². The smallest absolute Gasteiger partial charge is 0.277 e. The Labute approximate surface area is 170 Å². The fraction of sp³-hybridized carbons (Fsp3) is 0.421.